The highest BCUT2D eigenvalue weighted by Crippen LogP contribution is 2.30. The van der Waals surface area contributed by atoms with Gasteiger partial charge in [0, 0.05) is 18.3 Å². The summed E-state index contributed by atoms with van der Waals surface area (Å²) in [7, 11) is 0. The second-order valence-electron chi connectivity index (χ2n) is 5.57. The molecule has 0 unspecified atom stereocenters. The van der Waals surface area contributed by atoms with Crippen molar-refractivity contribution in [3.05, 3.63) is 23.9 Å². The fourth-order valence-corrected chi connectivity index (χ4v) is 2.79. The molecule has 2 rings (SSSR count). The molecule has 1 N–H and O–H groups in total. The molecule has 0 spiro atoms. The third kappa shape index (κ3) is 3.69. The predicted molar refractivity (Wildman–Crippen MR) is 81.5 cm³/mol. The standard InChI is InChI=1S/C16H27N3/c1-4-13(3)18-16-10-9-14(12-17-16)15-8-6-7-11-19(15)5-2/h9-10,12-13,15H,4-8,11H2,1-3H3,(H,17,18)/t13-,15+/m1/s1. The molecule has 1 saturated heterocycles. The zero-order valence-corrected chi connectivity index (χ0v) is 12.5. The number of rotatable bonds is 5. The zero-order valence-electron chi connectivity index (χ0n) is 12.5. The maximum Gasteiger partial charge on any atom is 0.126 e. The summed E-state index contributed by atoms with van der Waals surface area (Å²) in [6, 6.07) is 5.43. The fraction of sp³-hybridized carbons (Fsp3) is 0.688. The Hall–Kier alpha value is -1.09. The Labute approximate surface area is 117 Å². The lowest BCUT2D eigenvalue weighted by Gasteiger charge is -2.35. The van der Waals surface area contributed by atoms with Gasteiger partial charge in [-0.1, -0.05) is 26.3 Å². The van der Waals surface area contributed by atoms with E-state index in [4.69, 9.17) is 0 Å². The molecule has 19 heavy (non-hydrogen) atoms. The molecule has 0 saturated carbocycles. The fourth-order valence-electron chi connectivity index (χ4n) is 2.79. The van der Waals surface area contributed by atoms with Crippen molar-refractivity contribution in [2.75, 3.05) is 18.4 Å². The lowest BCUT2D eigenvalue weighted by Crippen LogP contribution is -2.33. The number of aromatic nitrogens is 1. The van der Waals surface area contributed by atoms with Crippen molar-refractivity contribution >= 4 is 5.82 Å². The molecule has 0 aliphatic carbocycles. The van der Waals surface area contributed by atoms with Crippen LogP contribution in [-0.4, -0.2) is 29.0 Å². The van der Waals surface area contributed by atoms with E-state index < -0.39 is 0 Å². The highest BCUT2D eigenvalue weighted by Gasteiger charge is 2.22. The number of piperidine rings is 1. The van der Waals surface area contributed by atoms with E-state index in [1.54, 1.807) is 0 Å². The summed E-state index contributed by atoms with van der Waals surface area (Å²) in [4.78, 5) is 7.14. The zero-order chi connectivity index (χ0) is 13.7. The van der Waals surface area contributed by atoms with E-state index in [2.05, 4.69) is 54.3 Å². The van der Waals surface area contributed by atoms with Crippen molar-refractivity contribution in [2.24, 2.45) is 0 Å². The number of likely N-dealkylation sites (tertiary alicyclic amines) is 1. The lowest BCUT2D eigenvalue weighted by molar-refractivity contribution is 0.157. The van der Waals surface area contributed by atoms with Crippen LogP contribution in [0.3, 0.4) is 0 Å². The van der Waals surface area contributed by atoms with Crippen molar-refractivity contribution < 1.29 is 0 Å². The molecule has 1 aliphatic heterocycles. The summed E-state index contributed by atoms with van der Waals surface area (Å²) in [5.74, 6) is 0.997. The van der Waals surface area contributed by atoms with Crippen molar-refractivity contribution in [3.8, 4) is 0 Å². The van der Waals surface area contributed by atoms with Gasteiger partial charge in [0.15, 0.2) is 0 Å². The molecule has 1 fully saturated rings. The highest BCUT2D eigenvalue weighted by atomic mass is 15.2. The summed E-state index contributed by atoms with van der Waals surface area (Å²) in [6.45, 7) is 9.00. The second kappa shape index (κ2) is 6.90. The Balaban J connectivity index is 2.04. The van der Waals surface area contributed by atoms with Crippen molar-refractivity contribution in [3.63, 3.8) is 0 Å². The van der Waals surface area contributed by atoms with E-state index >= 15 is 0 Å². The van der Waals surface area contributed by atoms with Crippen LogP contribution in [0.2, 0.25) is 0 Å². The monoisotopic (exact) mass is 261 g/mol. The van der Waals surface area contributed by atoms with Crippen LogP contribution in [-0.2, 0) is 0 Å². The van der Waals surface area contributed by atoms with E-state index in [1.165, 1.54) is 31.4 Å². The first-order chi connectivity index (χ1) is 9.24. The first-order valence-corrected chi connectivity index (χ1v) is 7.71. The van der Waals surface area contributed by atoms with Gasteiger partial charge in [0.1, 0.15) is 5.82 Å². The Morgan fingerprint density at radius 3 is 2.84 bits per heavy atom. The second-order valence-corrected chi connectivity index (χ2v) is 5.57. The minimum atomic E-state index is 0.486. The predicted octanol–water partition coefficient (Wildman–Crippen LogP) is 3.84. The summed E-state index contributed by atoms with van der Waals surface area (Å²) in [5.41, 5.74) is 1.37. The first kappa shape index (κ1) is 14.3. The minimum absolute atomic E-state index is 0.486. The normalized spacial score (nSPS) is 22.2. The molecular weight excluding hydrogens is 234 g/mol. The smallest absolute Gasteiger partial charge is 0.126 e. The lowest BCUT2D eigenvalue weighted by atomic mass is 9.96. The van der Waals surface area contributed by atoms with Gasteiger partial charge in [-0.15, -0.1) is 0 Å². The third-order valence-electron chi connectivity index (χ3n) is 4.20. The highest BCUT2D eigenvalue weighted by molar-refractivity contribution is 5.37. The van der Waals surface area contributed by atoms with Crippen LogP contribution in [0.25, 0.3) is 0 Å². The van der Waals surface area contributed by atoms with Crippen LogP contribution in [0, 0.1) is 0 Å². The first-order valence-electron chi connectivity index (χ1n) is 7.71. The molecule has 106 valence electrons. The van der Waals surface area contributed by atoms with Gasteiger partial charge in [0.2, 0.25) is 0 Å². The molecule has 0 bridgehead atoms. The Morgan fingerprint density at radius 1 is 1.37 bits per heavy atom. The van der Waals surface area contributed by atoms with Crippen molar-refractivity contribution in [1.29, 1.82) is 0 Å². The van der Waals surface area contributed by atoms with Gasteiger partial charge in [-0.3, -0.25) is 4.90 Å². The van der Waals surface area contributed by atoms with Gasteiger partial charge in [-0.2, -0.15) is 0 Å². The molecule has 0 aromatic carbocycles. The number of nitrogens with one attached hydrogen (secondary N) is 1. The van der Waals surface area contributed by atoms with Gasteiger partial charge in [-0.05, 0) is 50.9 Å². The average Bonchev–Trinajstić information content (AvgIpc) is 2.48. The summed E-state index contributed by atoms with van der Waals surface area (Å²) in [5, 5.41) is 3.42. The largest absolute Gasteiger partial charge is 0.368 e. The molecule has 0 radical (unpaired) electrons. The van der Waals surface area contributed by atoms with Gasteiger partial charge >= 0.3 is 0 Å². The molecule has 1 aromatic heterocycles. The molecule has 2 atom stereocenters. The van der Waals surface area contributed by atoms with E-state index in [0.29, 0.717) is 12.1 Å². The van der Waals surface area contributed by atoms with Gasteiger partial charge in [-0.25, -0.2) is 4.98 Å². The van der Waals surface area contributed by atoms with E-state index in [-0.39, 0.29) is 0 Å². The molecule has 3 nitrogen and oxygen atoms in total. The van der Waals surface area contributed by atoms with Crippen LogP contribution >= 0.6 is 0 Å². The van der Waals surface area contributed by atoms with Crippen LogP contribution in [0.1, 0.15) is 58.1 Å². The molecule has 3 heteroatoms. The van der Waals surface area contributed by atoms with Gasteiger partial charge < -0.3 is 5.32 Å². The summed E-state index contributed by atoms with van der Waals surface area (Å²) < 4.78 is 0. The number of hydrogen-bond donors (Lipinski definition) is 1. The Bertz CT molecular complexity index is 374. The van der Waals surface area contributed by atoms with Gasteiger partial charge in [0.05, 0.1) is 0 Å². The molecular formula is C16H27N3. The number of hydrogen-bond acceptors (Lipinski definition) is 3. The maximum atomic E-state index is 4.57. The SMILES string of the molecule is CC[C@@H](C)Nc1ccc([C@@H]2CCCCN2CC)cn1. The molecule has 1 aromatic rings. The summed E-state index contributed by atoms with van der Waals surface area (Å²) >= 11 is 0. The molecule has 1 aliphatic rings. The third-order valence-corrected chi connectivity index (χ3v) is 4.20. The van der Waals surface area contributed by atoms with Crippen molar-refractivity contribution in [2.45, 2.75) is 58.5 Å². The Morgan fingerprint density at radius 2 is 2.21 bits per heavy atom. The van der Waals surface area contributed by atoms with Gasteiger partial charge in [0.25, 0.3) is 0 Å². The molecule has 0 amide bonds. The quantitative estimate of drug-likeness (QED) is 0.873. The molecule has 2 heterocycles. The minimum Gasteiger partial charge on any atom is -0.368 e. The van der Waals surface area contributed by atoms with E-state index in [0.717, 1.165) is 18.8 Å². The van der Waals surface area contributed by atoms with Crippen molar-refractivity contribution in [1.82, 2.24) is 9.88 Å². The maximum absolute atomic E-state index is 4.57. The van der Waals surface area contributed by atoms with E-state index in [1.807, 2.05) is 0 Å². The van der Waals surface area contributed by atoms with Crippen LogP contribution in [0.4, 0.5) is 5.82 Å². The topological polar surface area (TPSA) is 28.2 Å². The van der Waals surface area contributed by atoms with Crippen LogP contribution in [0.15, 0.2) is 18.3 Å². The number of anilines is 1. The number of pyridine rings is 1. The number of nitrogens with zero attached hydrogens (tertiary/aromatic N) is 2. The van der Waals surface area contributed by atoms with E-state index in [9.17, 15) is 0 Å². The van der Waals surface area contributed by atoms with Crippen LogP contribution < -0.4 is 5.32 Å². The average molecular weight is 261 g/mol. The Kier molecular flexibility index (Phi) is 5.20. The van der Waals surface area contributed by atoms with Crippen LogP contribution in [0.5, 0.6) is 0 Å². The summed E-state index contributed by atoms with van der Waals surface area (Å²) in [6.07, 6.45) is 7.13.